The number of fused-ring (bicyclic) bond motifs is 1. The van der Waals surface area contributed by atoms with Crippen LogP contribution in [-0.2, 0) is 24.7 Å². The second kappa shape index (κ2) is 9.57. The summed E-state index contributed by atoms with van der Waals surface area (Å²) in [5.41, 5.74) is 1.26. The maximum Gasteiger partial charge on any atom is 0.239 e. The molecule has 1 saturated heterocycles. The molecule has 11 heteroatoms. The van der Waals surface area contributed by atoms with E-state index in [0.717, 1.165) is 6.26 Å². The van der Waals surface area contributed by atoms with Crippen LogP contribution in [0, 0.1) is 5.82 Å². The number of para-hydroxylation sites is 1. The van der Waals surface area contributed by atoms with Crippen LogP contribution in [0.25, 0.3) is 22.0 Å². The predicted molar refractivity (Wildman–Crippen MR) is 142 cm³/mol. The van der Waals surface area contributed by atoms with Crippen LogP contribution in [0.2, 0.25) is 0 Å². The van der Waals surface area contributed by atoms with E-state index in [4.69, 9.17) is 5.14 Å². The molecule has 0 spiro atoms. The SMILES string of the molecule is CS(=O)(=O)c1ccccc1-c1ccc(N2CCCC(c3nc4ccccc4cc3S(N)(=O)=O)C2=O)c(F)c1. The number of rotatable bonds is 5. The van der Waals surface area contributed by atoms with E-state index < -0.39 is 37.5 Å². The van der Waals surface area contributed by atoms with Crippen LogP contribution >= 0.6 is 0 Å². The van der Waals surface area contributed by atoms with E-state index in [2.05, 4.69) is 4.98 Å². The monoisotopic (exact) mass is 553 g/mol. The van der Waals surface area contributed by atoms with Crippen molar-refractivity contribution < 1.29 is 26.0 Å². The third kappa shape index (κ3) is 4.80. The number of sulfone groups is 1. The molecule has 1 fully saturated rings. The summed E-state index contributed by atoms with van der Waals surface area (Å²) in [6, 6.07) is 18.8. The zero-order chi connectivity index (χ0) is 27.2. The number of hydrogen-bond acceptors (Lipinski definition) is 6. The lowest BCUT2D eigenvalue weighted by Crippen LogP contribution is -2.41. The number of sulfonamides is 1. The summed E-state index contributed by atoms with van der Waals surface area (Å²) < 4.78 is 64.7. The highest BCUT2D eigenvalue weighted by molar-refractivity contribution is 7.90. The first-order valence-corrected chi connectivity index (χ1v) is 15.2. The zero-order valence-corrected chi connectivity index (χ0v) is 22.0. The molecule has 8 nitrogen and oxygen atoms in total. The topological polar surface area (TPSA) is 128 Å². The number of anilines is 1. The van der Waals surface area contributed by atoms with Crippen molar-refractivity contribution in [1.29, 1.82) is 0 Å². The molecule has 2 heterocycles. The largest absolute Gasteiger partial charge is 0.309 e. The first-order chi connectivity index (χ1) is 17.9. The number of hydrogen-bond donors (Lipinski definition) is 1. The van der Waals surface area contributed by atoms with E-state index >= 15 is 4.39 Å². The molecule has 3 aromatic carbocycles. The fourth-order valence-corrected chi connectivity index (χ4v) is 6.56. The lowest BCUT2D eigenvalue weighted by atomic mass is 9.92. The van der Waals surface area contributed by atoms with Gasteiger partial charge in [-0.2, -0.15) is 0 Å². The van der Waals surface area contributed by atoms with Gasteiger partial charge >= 0.3 is 0 Å². The maximum absolute atomic E-state index is 15.5. The molecular weight excluding hydrogens is 529 g/mol. The summed E-state index contributed by atoms with van der Waals surface area (Å²) in [5, 5.41) is 6.06. The lowest BCUT2D eigenvalue weighted by Gasteiger charge is -2.33. The van der Waals surface area contributed by atoms with Crippen LogP contribution in [0.5, 0.6) is 0 Å². The third-order valence-corrected chi connectivity index (χ3v) is 8.72. The molecule has 0 saturated carbocycles. The molecule has 4 aromatic rings. The highest BCUT2D eigenvalue weighted by Crippen LogP contribution is 2.37. The molecule has 1 aliphatic heterocycles. The third-order valence-electron chi connectivity index (χ3n) is 6.63. The Bertz CT molecular complexity index is 1810. The van der Waals surface area contributed by atoms with Gasteiger partial charge in [0.1, 0.15) is 10.7 Å². The smallest absolute Gasteiger partial charge is 0.239 e. The Hall–Kier alpha value is -3.67. The van der Waals surface area contributed by atoms with Gasteiger partial charge in [0.15, 0.2) is 9.84 Å². The van der Waals surface area contributed by atoms with E-state index in [1.54, 1.807) is 48.5 Å². The second-order valence-corrected chi connectivity index (χ2v) is 12.7. The summed E-state index contributed by atoms with van der Waals surface area (Å²) in [7, 11) is -7.75. The molecule has 1 unspecified atom stereocenters. The number of piperidine rings is 1. The van der Waals surface area contributed by atoms with Crippen molar-refractivity contribution in [3.63, 3.8) is 0 Å². The van der Waals surface area contributed by atoms with Crippen molar-refractivity contribution in [2.75, 3.05) is 17.7 Å². The van der Waals surface area contributed by atoms with Crippen molar-refractivity contribution >= 4 is 42.4 Å². The van der Waals surface area contributed by atoms with Crippen LogP contribution in [0.4, 0.5) is 10.1 Å². The first-order valence-electron chi connectivity index (χ1n) is 11.8. The molecule has 38 heavy (non-hydrogen) atoms. The average Bonchev–Trinajstić information content (AvgIpc) is 2.87. The van der Waals surface area contributed by atoms with E-state index in [1.165, 1.54) is 29.2 Å². The number of primary sulfonamides is 1. The number of amides is 1. The number of carbonyl (C=O) groups is 1. The quantitative estimate of drug-likeness (QED) is 0.398. The van der Waals surface area contributed by atoms with Gasteiger partial charge in [0.2, 0.25) is 15.9 Å². The van der Waals surface area contributed by atoms with Gasteiger partial charge in [0.05, 0.1) is 27.7 Å². The summed E-state index contributed by atoms with van der Waals surface area (Å²) in [6.07, 6.45) is 1.89. The molecule has 5 rings (SSSR count). The van der Waals surface area contributed by atoms with Crippen LogP contribution in [-0.4, -0.2) is 40.5 Å². The highest BCUT2D eigenvalue weighted by Gasteiger charge is 2.36. The van der Waals surface area contributed by atoms with Gasteiger partial charge in [-0.15, -0.1) is 0 Å². The van der Waals surface area contributed by atoms with Gasteiger partial charge in [-0.05, 0) is 48.7 Å². The summed E-state index contributed by atoms with van der Waals surface area (Å²) in [6.45, 7) is 0.226. The van der Waals surface area contributed by atoms with E-state index in [0.29, 0.717) is 34.9 Å². The predicted octanol–water partition coefficient (Wildman–Crippen LogP) is 4.00. The Balaban J connectivity index is 1.55. The normalized spacial score (nSPS) is 16.7. The minimum absolute atomic E-state index is 0.0123. The number of nitrogens with two attached hydrogens (primary N) is 1. The molecule has 1 atom stereocenters. The van der Waals surface area contributed by atoms with Gasteiger partial charge in [0, 0.05) is 23.8 Å². The van der Waals surface area contributed by atoms with Crippen LogP contribution in [0.15, 0.2) is 82.6 Å². The maximum atomic E-state index is 15.5. The molecule has 0 bridgehead atoms. The number of carbonyl (C=O) groups excluding carboxylic acids is 1. The summed E-state index contributed by atoms with van der Waals surface area (Å²) in [4.78, 5) is 19.2. The fraction of sp³-hybridized carbons (Fsp3) is 0.185. The van der Waals surface area contributed by atoms with Gasteiger partial charge in [-0.1, -0.05) is 42.5 Å². The van der Waals surface area contributed by atoms with E-state index in [-0.39, 0.29) is 27.7 Å². The first kappa shape index (κ1) is 26.0. The molecule has 2 N–H and O–H groups in total. The summed E-state index contributed by atoms with van der Waals surface area (Å²) >= 11 is 0. The number of halogens is 1. The Kier molecular flexibility index (Phi) is 6.54. The lowest BCUT2D eigenvalue weighted by molar-refractivity contribution is -0.121. The molecule has 196 valence electrons. The standard InChI is InChI=1S/C27H24FN3O5S2/c1-37(33,34)24-11-5-3-8-19(24)17-12-13-23(21(28)15-17)31-14-6-9-20(27(31)32)26-25(38(29,35)36)16-18-7-2-4-10-22(18)30-26/h2-5,7-8,10-13,15-16,20H,6,9,14H2,1H3,(H2,29,35,36). The minimum Gasteiger partial charge on any atom is -0.309 e. The molecular formula is C27H24FN3O5S2. The number of benzene rings is 3. The van der Waals surface area contributed by atoms with Crippen LogP contribution in [0.1, 0.15) is 24.5 Å². The highest BCUT2D eigenvalue weighted by atomic mass is 32.2. The Morgan fingerprint density at radius 1 is 0.947 bits per heavy atom. The number of nitrogens with zero attached hydrogens (tertiary/aromatic N) is 2. The zero-order valence-electron chi connectivity index (χ0n) is 20.3. The Labute approximate surface area is 219 Å². The van der Waals surface area contributed by atoms with Gasteiger partial charge in [-0.3, -0.25) is 9.78 Å². The molecule has 0 aliphatic carbocycles. The molecule has 1 aliphatic rings. The average molecular weight is 554 g/mol. The van der Waals surface area contributed by atoms with Crippen LogP contribution < -0.4 is 10.0 Å². The Morgan fingerprint density at radius 3 is 2.37 bits per heavy atom. The van der Waals surface area contributed by atoms with Crippen molar-refractivity contribution in [2.24, 2.45) is 5.14 Å². The fourth-order valence-electron chi connectivity index (χ4n) is 4.88. The van der Waals surface area contributed by atoms with Crippen molar-refractivity contribution in [3.8, 4) is 11.1 Å². The number of aromatic nitrogens is 1. The van der Waals surface area contributed by atoms with Crippen molar-refractivity contribution in [3.05, 3.63) is 84.3 Å². The van der Waals surface area contributed by atoms with Gasteiger partial charge in [0.25, 0.3) is 0 Å². The van der Waals surface area contributed by atoms with E-state index in [9.17, 15) is 21.6 Å². The van der Waals surface area contributed by atoms with Gasteiger partial charge < -0.3 is 4.90 Å². The molecule has 0 radical (unpaired) electrons. The molecule has 1 amide bonds. The van der Waals surface area contributed by atoms with Crippen molar-refractivity contribution in [1.82, 2.24) is 4.98 Å². The van der Waals surface area contributed by atoms with Gasteiger partial charge in [-0.25, -0.2) is 26.4 Å². The Morgan fingerprint density at radius 2 is 1.66 bits per heavy atom. The van der Waals surface area contributed by atoms with Crippen molar-refractivity contribution in [2.45, 2.75) is 28.6 Å². The van der Waals surface area contributed by atoms with E-state index in [1.807, 2.05) is 0 Å². The minimum atomic E-state index is -4.20. The number of pyridine rings is 1. The van der Waals surface area contributed by atoms with Crippen LogP contribution in [0.3, 0.4) is 0 Å². The molecule has 1 aromatic heterocycles. The summed E-state index contributed by atoms with van der Waals surface area (Å²) in [5.74, 6) is -2.14. The second-order valence-electron chi connectivity index (χ2n) is 9.23.